The third-order valence-corrected chi connectivity index (χ3v) is 2.72. The van der Waals surface area contributed by atoms with Crippen LogP contribution >= 0.6 is 0 Å². The van der Waals surface area contributed by atoms with Crippen molar-refractivity contribution in [1.29, 1.82) is 0 Å². The van der Waals surface area contributed by atoms with Gasteiger partial charge in [-0.15, -0.1) is 0 Å². The van der Waals surface area contributed by atoms with E-state index >= 15 is 0 Å². The molecule has 1 aromatic carbocycles. The molecule has 0 fully saturated rings. The first-order valence-corrected chi connectivity index (χ1v) is 6.59. The standard InChI is InChI=1S/C15H20O4/c1-2-3-11-19-15(17)14-8-6-13(7-9-14)5-4-10-18-12-16/h6-9,12H,2-5,10-11H2,1H3. The number of carbonyl (C=O) groups is 2. The van der Waals surface area contributed by atoms with Crippen molar-refractivity contribution in [2.24, 2.45) is 0 Å². The Bertz CT molecular complexity index is 384. The van der Waals surface area contributed by atoms with E-state index in [4.69, 9.17) is 4.74 Å². The van der Waals surface area contributed by atoms with Crippen LogP contribution in [0.3, 0.4) is 0 Å². The van der Waals surface area contributed by atoms with Crippen molar-refractivity contribution in [3.05, 3.63) is 35.4 Å². The molecule has 1 aromatic rings. The number of carbonyl (C=O) groups excluding carboxylic acids is 2. The van der Waals surface area contributed by atoms with Gasteiger partial charge < -0.3 is 9.47 Å². The third-order valence-electron chi connectivity index (χ3n) is 2.72. The molecule has 1 rings (SSSR count). The van der Waals surface area contributed by atoms with Gasteiger partial charge in [0, 0.05) is 0 Å². The first-order valence-electron chi connectivity index (χ1n) is 6.59. The second-order valence-electron chi connectivity index (χ2n) is 4.26. The Kier molecular flexibility index (Phi) is 7.32. The summed E-state index contributed by atoms with van der Waals surface area (Å²) in [7, 11) is 0. The molecular weight excluding hydrogens is 244 g/mol. The second kappa shape index (κ2) is 9.14. The number of rotatable bonds is 9. The van der Waals surface area contributed by atoms with Gasteiger partial charge in [0.25, 0.3) is 6.47 Å². The minimum Gasteiger partial charge on any atom is -0.468 e. The van der Waals surface area contributed by atoms with Gasteiger partial charge in [-0.1, -0.05) is 25.5 Å². The van der Waals surface area contributed by atoms with Crippen LogP contribution in [0, 0.1) is 0 Å². The van der Waals surface area contributed by atoms with E-state index < -0.39 is 0 Å². The predicted molar refractivity (Wildman–Crippen MR) is 72.0 cm³/mol. The molecule has 0 unspecified atom stereocenters. The number of hydrogen-bond acceptors (Lipinski definition) is 4. The smallest absolute Gasteiger partial charge is 0.338 e. The minimum absolute atomic E-state index is 0.274. The van der Waals surface area contributed by atoms with Crippen molar-refractivity contribution in [1.82, 2.24) is 0 Å². The van der Waals surface area contributed by atoms with E-state index in [1.807, 2.05) is 12.1 Å². The van der Waals surface area contributed by atoms with Gasteiger partial charge in [-0.2, -0.15) is 0 Å². The molecule has 0 saturated heterocycles. The molecule has 0 aromatic heterocycles. The van der Waals surface area contributed by atoms with Crippen molar-refractivity contribution in [2.75, 3.05) is 13.2 Å². The Labute approximate surface area is 113 Å². The van der Waals surface area contributed by atoms with E-state index in [1.165, 1.54) is 0 Å². The summed E-state index contributed by atoms with van der Waals surface area (Å²) < 4.78 is 9.74. The van der Waals surface area contributed by atoms with Crippen LogP contribution in [0.2, 0.25) is 0 Å². The van der Waals surface area contributed by atoms with Gasteiger partial charge in [-0.3, -0.25) is 4.79 Å². The molecule has 0 N–H and O–H groups in total. The Balaban J connectivity index is 2.37. The van der Waals surface area contributed by atoms with Gasteiger partial charge in [0.15, 0.2) is 0 Å². The molecule has 0 atom stereocenters. The number of aryl methyl sites for hydroxylation is 1. The summed E-state index contributed by atoms with van der Waals surface area (Å²) in [5.74, 6) is -0.274. The second-order valence-corrected chi connectivity index (χ2v) is 4.26. The van der Waals surface area contributed by atoms with Crippen LogP contribution in [0.25, 0.3) is 0 Å². The lowest BCUT2D eigenvalue weighted by Crippen LogP contribution is -2.06. The van der Waals surface area contributed by atoms with E-state index in [2.05, 4.69) is 11.7 Å². The molecule has 0 aliphatic carbocycles. The van der Waals surface area contributed by atoms with Crippen LogP contribution in [0.15, 0.2) is 24.3 Å². The van der Waals surface area contributed by atoms with Gasteiger partial charge in [0.05, 0.1) is 18.8 Å². The van der Waals surface area contributed by atoms with E-state index in [1.54, 1.807) is 12.1 Å². The highest BCUT2D eigenvalue weighted by molar-refractivity contribution is 5.89. The van der Waals surface area contributed by atoms with Gasteiger partial charge in [0.2, 0.25) is 0 Å². The Morgan fingerprint density at radius 2 is 1.89 bits per heavy atom. The van der Waals surface area contributed by atoms with Crippen LogP contribution in [0.1, 0.15) is 42.1 Å². The maximum Gasteiger partial charge on any atom is 0.338 e. The number of esters is 1. The lowest BCUT2D eigenvalue weighted by Gasteiger charge is -2.05. The summed E-state index contributed by atoms with van der Waals surface area (Å²) in [6.45, 7) is 3.40. The first-order chi connectivity index (χ1) is 9.27. The fourth-order valence-corrected chi connectivity index (χ4v) is 1.61. The Hall–Kier alpha value is -1.84. The average molecular weight is 264 g/mol. The molecule has 0 radical (unpaired) electrons. The lowest BCUT2D eigenvalue weighted by atomic mass is 10.1. The highest BCUT2D eigenvalue weighted by Crippen LogP contribution is 2.08. The monoisotopic (exact) mass is 264 g/mol. The molecule has 104 valence electrons. The Morgan fingerprint density at radius 1 is 1.16 bits per heavy atom. The van der Waals surface area contributed by atoms with Crippen molar-refractivity contribution in [2.45, 2.75) is 32.6 Å². The quantitative estimate of drug-likeness (QED) is 0.391. The molecule has 0 bridgehead atoms. The topological polar surface area (TPSA) is 52.6 Å². The van der Waals surface area contributed by atoms with Crippen LogP contribution in [0.5, 0.6) is 0 Å². The van der Waals surface area contributed by atoms with Crippen LogP contribution < -0.4 is 0 Å². The van der Waals surface area contributed by atoms with Crippen molar-refractivity contribution < 1.29 is 19.1 Å². The SMILES string of the molecule is CCCCOC(=O)c1ccc(CCCOC=O)cc1. The summed E-state index contributed by atoms with van der Waals surface area (Å²) in [4.78, 5) is 21.6. The highest BCUT2D eigenvalue weighted by Gasteiger charge is 2.06. The highest BCUT2D eigenvalue weighted by atomic mass is 16.5. The van der Waals surface area contributed by atoms with Crippen molar-refractivity contribution in [3.8, 4) is 0 Å². The minimum atomic E-state index is -0.274. The summed E-state index contributed by atoms with van der Waals surface area (Å²) in [6, 6.07) is 7.34. The number of benzene rings is 1. The van der Waals surface area contributed by atoms with Crippen LogP contribution in [-0.2, 0) is 20.7 Å². The zero-order valence-electron chi connectivity index (χ0n) is 11.3. The average Bonchev–Trinajstić information content (AvgIpc) is 2.44. The third kappa shape index (κ3) is 6.04. The predicted octanol–water partition coefficient (Wildman–Crippen LogP) is 2.75. The zero-order chi connectivity index (χ0) is 13.9. The van der Waals surface area contributed by atoms with E-state index in [0.717, 1.165) is 31.2 Å². The summed E-state index contributed by atoms with van der Waals surface area (Å²) in [6.07, 6.45) is 3.49. The fourth-order valence-electron chi connectivity index (χ4n) is 1.61. The van der Waals surface area contributed by atoms with Crippen molar-refractivity contribution in [3.63, 3.8) is 0 Å². The molecule has 4 nitrogen and oxygen atoms in total. The van der Waals surface area contributed by atoms with Gasteiger partial charge >= 0.3 is 5.97 Å². The van der Waals surface area contributed by atoms with E-state index in [9.17, 15) is 9.59 Å². The van der Waals surface area contributed by atoms with Gasteiger partial charge in [0.1, 0.15) is 0 Å². The number of hydrogen-bond donors (Lipinski definition) is 0. The van der Waals surface area contributed by atoms with Gasteiger partial charge in [-0.05, 0) is 37.0 Å². The molecule has 0 amide bonds. The first kappa shape index (κ1) is 15.2. The number of ether oxygens (including phenoxy) is 2. The maximum absolute atomic E-state index is 11.6. The van der Waals surface area contributed by atoms with E-state index in [0.29, 0.717) is 25.2 Å². The zero-order valence-corrected chi connectivity index (χ0v) is 11.3. The maximum atomic E-state index is 11.6. The molecule has 4 heteroatoms. The number of unbranched alkanes of at least 4 members (excludes halogenated alkanes) is 1. The molecule has 0 spiro atoms. The van der Waals surface area contributed by atoms with Gasteiger partial charge in [-0.25, -0.2) is 4.79 Å². The normalized spacial score (nSPS) is 9.95. The van der Waals surface area contributed by atoms with Crippen LogP contribution in [0.4, 0.5) is 0 Å². The van der Waals surface area contributed by atoms with Crippen LogP contribution in [-0.4, -0.2) is 25.7 Å². The molecule has 0 heterocycles. The van der Waals surface area contributed by atoms with E-state index in [-0.39, 0.29) is 5.97 Å². The summed E-state index contributed by atoms with van der Waals surface area (Å²) in [5.41, 5.74) is 1.68. The molecule has 19 heavy (non-hydrogen) atoms. The fraction of sp³-hybridized carbons (Fsp3) is 0.467. The van der Waals surface area contributed by atoms with Crippen molar-refractivity contribution >= 4 is 12.4 Å². The lowest BCUT2D eigenvalue weighted by molar-refractivity contribution is -0.128. The molecule has 0 aliphatic rings. The molecular formula is C15H20O4. The molecule has 0 aliphatic heterocycles. The molecule has 0 saturated carbocycles. The largest absolute Gasteiger partial charge is 0.468 e. The summed E-state index contributed by atoms with van der Waals surface area (Å²) >= 11 is 0. The Morgan fingerprint density at radius 3 is 2.53 bits per heavy atom. The summed E-state index contributed by atoms with van der Waals surface area (Å²) in [5, 5.41) is 0.